The summed E-state index contributed by atoms with van der Waals surface area (Å²) in [5.41, 5.74) is 1.30. The van der Waals surface area contributed by atoms with Crippen molar-refractivity contribution < 1.29 is 24.5 Å². The normalized spacial score (nSPS) is 16.2. The molecule has 0 saturated carbocycles. The molecule has 1 atom stereocenters. The number of aliphatic hydroxyl groups excluding tert-OH is 1. The molecule has 2 rings (SSSR count). The van der Waals surface area contributed by atoms with E-state index in [1.54, 1.807) is 24.3 Å². The molecule has 8 heteroatoms. The smallest absolute Gasteiger partial charge is 0.405 e. The molecule has 1 aliphatic heterocycles. The van der Waals surface area contributed by atoms with Gasteiger partial charge in [0.05, 0.1) is 19.8 Å². The summed E-state index contributed by atoms with van der Waals surface area (Å²) in [4.78, 5) is 25.6. The number of rotatable bonds is 8. The number of hydrogen-bond donors (Lipinski definition) is 4. The van der Waals surface area contributed by atoms with E-state index >= 15 is 0 Å². The highest BCUT2D eigenvalue weighted by Gasteiger charge is 2.21. The lowest BCUT2D eigenvalue weighted by Crippen LogP contribution is -2.44. The number of benzene rings is 1. The second-order valence-corrected chi connectivity index (χ2v) is 5.94. The third kappa shape index (κ3) is 6.69. The second kappa shape index (κ2) is 9.97. The van der Waals surface area contributed by atoms with Crippen LogP contribution in [-0.2, 0) is 16.1 Å². The van der Waals surface area contributed by atoms with E-state index in [0.29, 0.717) is 31.7 Å². The summed E-state index contributed by atoms with van der Waals surface area (Å²) in [6, 6.07) is 5.95. The highest BCUT2D eigenvalue weighted by molar-refractivity contribution is 5.96. The van der Waals surface area contributed by atoms with E-state index in [9.17, 15) is 9.59 Å². The SMILES string of the molecule is O=C(O)NC(CCCN1CCOCC1)C(=O)Nc1ccc(CO)cc1. The molecule has 0 radical (unpaired) electrons. The molecule has 2 amide bonds. The van der Waals surface area contributed by atoms with Gasteiger partial charge in [0.2, 0.25) is 5.91 Å². The molecule has 0 aliphatic carbocycles. The molecule has 1 aliphatic rings. The van der Waals surface area contributed by atoms with Crippen molar-refractivity contribution in [1.29, 1.82) is 0 Å². The van der Waals surface area contributed by atoms with Gasteiger partial charge in [-0.2, -0.15) is 0 Å². The maximum absolute atomic E-state index is 12.4. The van der Waals surface area contributed by atoms with Crippen molar-refractivity contribution in [2.75, 3.05) is 38.2 Å². The first-order valence-corrected chi connectivity index (χ1v) is 8.38. The second-order valence-electron chi connectivity index (χ2n) is 5.94. The fraction of sp³-hybridized carbons (Fsp3) is 0.529. The topological polar surface area (TPSA) is 111 Å². The van der Waals surface area contributed by atoms with Gasteiger partial charge in [-0.25, -0.2) is 4.79 Å². The van der Waals surface area contributed by atoms with Crippen LogP contribution in [0.15, 0.2) is 24.3 Å². The Balaban J connectivity index is 1.85. The predicted molar refractivity (Wildman–Crippen MR) is 92.4 cm³/mol. The van der Waals surface area contributed by atoms with Crippen LogP contribution in [0.2, 0.25) is 0 Å². The van der Waals surface area contributed by atoms with E-state index in [1.165, 1.54) is 0 Å². The summed E-state index contributed by atoms with van der Waals surface area (Å²) in [5.74, 6) is -0.388. The van der Waals surface area contributed by atoms with Gasteiger partial charge in [0.15, 0.2) is 0 Å². The zero-order valence-corrected chi connectivity index (χ0v) is 14.1. The molecule has 0 bridgehead atoms. The van der Waals surface area contributed by atoms with Crippen molar-refractivity contribution in [2.24, 2.45) is 0 Å². The van der Waals surface area contributed by atoms with Crippen LogP contribution in [0.25, 0.3) is 0 Å². The van der Waals surface area contributed by atoms with Crippen molar-refractivity contribution in [3.63, 3.8) is 0 Å². The molecule has 1 aromatic rings. The van der Waals surface area contributed by atoms with Crippen molar-refractivity contribution in [3.05, 3.63) is 29.8 Å². The number of amides is 2. The Bertz CT molecular complexity index is 558. The van der Waals surface area contributed by atoms with Gasteiger partial charge in [0.25, 0.3) is 0 Å². The van der Waals surface area contributed by atoms with Crippen LogP contribution in [0, 0.1) is 0 Å². The van der Waals surface area contributed by atoms with E-state index in [0.717, 1.165) is 25.2 Å². The van der Waals surface area contributed by atoms with Crippen molar-refractivity contribution in [3.8, 4) is 0 Å². The summed E-state index contributed by atoms with van der Waals surface area (Å²) >= 11 is 0. The number of morpholine rings is 1. The highest BCUT2D eigenvalue weighted by atomic mass is 16.5. The minimum atomic E-state index is -1.22. The number of aliphatic hydroxyl groups is 1. The molecule has 4 N–H and O–H groups in total. The fourth-order valence-corrected chi connectivity index (χ4v) is 2.68. The Morgan fingerprint density at radius 3 is 2.48 bits per heavy atom. The number of carbonyl (C=O) groups excluding carboxylic acids is 1. The molecule has 1 unspecified atom stereocenters. The van der Waals surface area contributed by atoms with E-state index < -0.39 is 12.1 Å². The van der Waals surface area contributed by atoms with Crippen LogP contribution in [0.3, 0.4) is 0 Å². The summed E-state index contributed by atoms with van der Waals surface area (Å²) in [5, 5.41) is 23.0. The van der Waals surface area contributed by atoms with Crippen LogP contribution in [0.1, 0.15) is 18.4 Å². The average molecular weight is 351 g/mol. The van der Waals surface area contributed by atoms with Gasteiger partial charge in [-0.3, -0.25) is 9.69 Å². The van der Waals surface area contributed by atoms with Gasteiger partial charge >= 0.3 is 6.09 Å². The van der Waals surface area contributed by atoms with Crippen LogP contribution < -0.4 is 10.6 Å². The molecular weight excluding hydrogens is 326 g/mol. The van der Waals surface area contributed by atoms with E-state index in [4.69, 9.17) is 14.9 Å². The van der Waals surface area contributed by atoms with E-state index in [2.05, 4.69) is 15.5 Å². The van der Waals surface area contributed by atoms with Crippen molar-refractivity contribution in [1.82, 2.24) is 10.2 Å². The maximum atomic E-state index is 12.4. The van der Waals surface area contributed by atoms with Gasteiger partial charge in [-0.15, -0.1) is 0 Å². The Kier molecular flexibility index (Phi) is 7.65. The third-order valence-electron chi connectivity index (χ3n) is 4.09. The lowest BCUT2D eigenvalue weighted by molar-refractivity contribution is -0.118. The summed E-state index contributed by atoms with van der Waals surface area (Å²) in [6.45, 7) is 3.88. The van der Waals surface area contributed by atoms with Crippen LogP contribution in [0.4, 0.5) is 10.5 Å². The molecule has 1 fully saturated rings. The third-order valence-corrected chi connectivity index (χ3v) is 4.09. The quantitative estimate of drug-likeness (QED) is 0.553. The molecule has 25 heavy (non-hydrogen) atoms. The Morgan fingerprint density at radius 2 is 1.88 bits per heavy atom. The zero-order chi connectivity index (χ0) is 18.1. The number of nitrogens with one attached hydrogen (secondary N) is 2. The molecule has 1 heterocycles. The molecule has 138 valence electrons. The van der Waals surface area contributed by atoms with Crippen molar-refractivity contribution >= 4 is 17.7 Å². The monoisotopic (exact) mass is 351 g/mol. The molecule has 8 nitrogen and oxygen atoms in total. The first-order chi connectivity index (χ1) is 12.1. The largest absolute Gasteiger partial charge is 0.465 e. The zero-order valence-electron chi connectivity index (χ0n) is 14.1. The van der Waals surface area contributed by atoms with Crippen LogP contribution in [-0.4, -0.2) is 66.0 Å². The van der Waals surface area contributed by atoms with Crippen LogP contribution in [0.5, 0.6) is 0 Å². The number of nitrogens with zero attached hydrogens (tertiary/aromatic N) is 1. The minimum Gasteiger partial charge on any atom is -0.465 e. The Hall–Kier alpha value is -2.16. The Morgan fingerprint density at radius 1 is 1.20 bits per heavy atom. The fourth-order valence-electron chi connectivity index (χ4n) is 2.68. The van der Waals surface area contributed by atoms with Crippen molar-refractivity contribution in [2.45, 2.75) is 25.5 Å². The average Bonchev–Trinajstić information content (AvgIpc) is 2.62. The highest BCUT2D eigenvalue weighted by Crippen LogP contribution is 2.11. The van der Waals surface area contributed by atoms with Gasteiger partial charge < -0.3 is 25.6 Å². The maximum Gasteiger partial charge on any atom is 0.405 e. The first-order valence-electron chi connectivity index (χ1n) is 8.38. The number of anilines is 1. The van der Waals surface area contributed by atoms with Gasteiger partial charge in [-0.1, -0.05) is 12.1 Å². The molecule has 0 aromatic heterocycles. The van der Waals surface area contributed by atoms with Gasteiger partial charge in [0.1, 0.15) is 6.04 Å². The number of ether oxygens (including phenoxy) is 1. The Labute approximate surface area is 146 Å². The standard InChI is InChI=1S/C17H25N3O5/c21-12-13-3-5-14(6-4-13)18-16(22)15(19-17(23)24)2-1-7-20-8-10-25-11-9-20/h3-6,15,19,21H,1-2,7-12H2,(H,18,22)(H,23,24). The molecular formula is C17H25N3O5. The van der Waals surface area contributed by atoms with Crippen LogP contribution >= 0.6 is 0 Å². The lowest BCUT2D eigenvalue weighted by Gasteiger charge is -2.27. The first kappa shape index (κ1) is 19.2. The molecule has 0 spiro atoms. The molecule has 1 saturated heterocycles. The van der Waals surface area contributed by atoms with Gasteiger partial charge in [0, 0.05) is 18.8 Å². The molecule has 1 aromatic carbocycles. The summed E-state index contributed by atoms with van der Waals surface area (Å²) in [6.07, 6.45) is -0.0892. The number of carboxylic acid groups (broad SMARTS) is 1. The minimum absolute atomic E-state index is 0.0705. The number of carbonyl (C=O) groups is 2. The van der Waals surface area contributed by atoms with E-state index in [-0.39, 0.29) is 12.5 Å². The lowest BCUT2D eigenvalue weighted by atomic mass is 10.1. The van der Waals surface area contributed by atoms with Gasteiger partial charge in [-0.05, 0) is 37.1 Å². The summed E-state index contributed by atoms with van der Waals surface area (Å²) < 4.78 is 5.29. The summed E-state index contributed by atoms with van der Waals surface area (Å²) in [7, 11) is 0. The number of hydrogen-bond acceptors (Lipinski definition) is 5. The predicted octanol–water partition coefficient (Wildman–Crippen LogP) is 0.866. The van der Waals surface area contributed by atoms with E-state index in [1.807, 2.05) is 0 Å².